The first kappa shape index (κ1) is 28.0. The first-order valence-corrected chi connectivity index (χ1v) is 15.4. The smallest absolute Gasteiger partial charge is 0.255 e. The Balaban J connectivity index is 1.03. The van der Waals surface area contributed by atoms with Crippen LogP contribution in [0.15, 0.2) is 48.0 Å². The number of carbonyl (C=O) groups excluding carboxylic acids is 4. The first-order chi connectivity index (χ1) is 20.6. The van der Waals surface area contributed by atoms with Crippen molar-refractivity contribution in [3.63, 3.8) is 0 Å². The third-order valence-corrected chi connectivity index (χ3v) is 10.2. The van der Waals surface area contributed by atoms with E-state index in [2.05, 4.69) is 24.1 Å². The molecule has 5 aliphatic rings. The molecule has 3 unspecified atom stereocenters. The van der Waals surface area contributed by atoms with Crippen LogP contribution < -0.4 is 5.32 Å². The van der Waals surface area contributed by atoms with E-state index in [-0.39, 0.29) is 48.0 Å². The molecule has 4 amide bonds. The average molecular weight is 585 g/mol. The van der Waals surface area contributed by atoms with Crippen molar-refractivity contribution in [3.8, 4) is 0 Å². The number of piperazine rings is 1. The number of benzene rings is 2. The summed E-state index contributed by atoms with van der Waals surface area (Å²) in [7, 11) is 0. The van der Waals surface area contributed by atoms with Crippen LogP contribution in [0.1, 0.15) is 84.2 Å². The summed E-state index contributed by atoms with van der Waals surface area (Å²) >= 11 is 0. The third-order valence-electron chi connectivity index (χ3n) is 10.2. The van der Waals surface area contributed by atoms with Gasteiger partial charge in [0.2, 0.25) is 11.8 Å². The van der Waals surface area contributed by atoms with Gasteiger partial charge in [-0.25, -0.2) is 4.39 Å². The molecule has 2 bridgehead atoms. The van der Waals surface area contributed by atoms with Gasteiger partial charge in [0.1, 0.15) is 11.9 Å². The molecule has 224 valence electrons. The fourth-order valence-corrected chi connectivity index (χ4v) is 7.77. The fraction of sp³-hybridized carbons (Fsp3) is 0.471. The van der Waals surface area contributed by atoms with Gasteiger partial charge in [0.25, 0.3) is 11.8 Å². The minimum atomic E-state index is -0.675. The number of halogens is 1. The zero-order valence-corrected chi connectivity index (χ0v) is 24.7. The van der Waals surface area contributed by atoms with Crippen molar-refractivity contribution < 1.29 is 23.6 Å². The van der Waals surface area contributed by atoms with E-state index in [1.54, 1.807) is 30.3 Å². The van der Waals surface area contributed by atoms with E-state index >= 15 is 0 Å². The van der Waals surface area contributed by atoms with Crippen LogP contribution in [0, 0.1) is 11.2 Å². The number of carbonyl (C=O) groups is 4. The van der Waals surface area contributed by atoms with Crippen molar-refractivity contribution in [2.24, 2.45) is 5.41 Å². The maximum absolute atomic E-state index is 13.7. The van der Waals surface area contributed by atoms with Gasteiger partial charge in [0.05, 0.1) is 0 Å². The number of fused-ring (bicyclic) bond motifs is 3. The summed E-state index contributed by atoms with van der Waals surface area (Å²) in [5, 5.41) is 2.33. The predicted molar refractivity (Wildman–Crippen MR) is 158 cm³/mol. The molecule has 0 spiro atoms. The predicted octanol–water partition coefficient (Wildman–Crippen LogP) is 4.15. The lowest BCUT2D eigenvalue weighted by Crippen LogP contribution is -2.52. The van der Waals surface area contributed by atoms with Crippen LogP contribution in [0.5, 0.6) is 0 Å². The molecule has 2 aromatic rings. The van der Waals surface area contributed by atoms with Crippen LogP contribution in [0.3, 0.4) is 0 Å². The molecule has 1 N–H and O–H groups in total. The minimum absolute atomic E-state index is 0.0208. The second kappa shape index (κ2) is 10.4. The summed E-state index contributed by atoms with van der Waals surface area (Å²) in [5.74, 6) is -1.23. The number of nitrogens with zero attached hydrogens (tertiary/aromatic N) is 3. The fourth-order valence-electron chi connectivity index (χ4n) is 7.77. The highest BCUT2D eigenvalue weighted by Crippen LogP contribution is 2.44. The van der Waals surface area contributed by atoms with Crippen LogP contribution in [-0.4, -0.2) is 76.1 Å². The van der Waals surface area contributed by atoms with E-state index in [1.165, 1.54) is 16.0 Å². The van der Waals surface area contributed by atoms with E-state index in [1.807, 2.05) is 17.0 Å². The van der Waals surface area contributed by atoms with Crippen molar-refractivity contribution in [3.05, 3.63) is 76.1 Å². The van der Waals surface area contributed by atoms with E-state index in [9.17, 15) is 23.6 Å². The van der Waals surface area contributed by atoms with Gasteiger partial charge in [0.15, 0.2) is 0 Å². The number of allylic oxidation sites excluding steroid dienone is 1. The van der Waals surface area contributed by atoms with Gasteiger partial charge in [0, 0.05) is 55.8 Å². The quantitative estimate of drug-likeness (QED) is 0.534. The van der Waals surface area contributed by atoms with Crippen LogP contribution in [0.25, 0.3) is 5.57 Å². The second-order valence-electron chi connectivity index (χ2n) is 13.6. The van der Waals surface area contributed by atoms with Crippen molar-refractivity contribution in [1.29, 1.82) is 0 Å². The lowest BCUT2D eigenvalue weighted by atomic mass is 9.72. The molecule has 7 rings (SSSR count). The standard InChI is InChI=1S/C34H37FN4O4/c1-34(2)12-11-22(28(15-34)20-3-6-24(35)7-4-20)16-37-18-26-14-25(37)19-38(26)32(42)21-5-8-27-23(13-21)17-39(33(27)43)29-9-10-30(40)36-31(29)41/h3-8,13,25-26,29H,9-12,14-19H2,1-2H3,(H,36,40,41). The molecular weight excluding hydrogens is 547 g/mol. The molecule has 0 saturated carbocycles. The van der Waals surface area contributed by atoms with E-state index < -0.39 is 11.9 Å². The average Bonchev–Trinajstić information content (AvgIpc) is 3.66. The maximum atomic E-state index is 13.7. The van der Waals surface area contributed by atoms with Crippen molar-refractivity contribution >= 4 is 29.2 Å². The van der Waals surface area contributed by atoms with Crippen LogP contribution >= 0.6 is 0 Å². The number of hydrogen-bond acceptors (Lipinski definition) is 5. The van der Waals surface area contributed by atoms with Gasteiger partial charge in [-0.05, 0) is 84.6 Å². The van der Waals surface area contributed by atoms with Gasteiger partial charge in [-0.1, -0.05) is 31.6 Å². The lowest BCUT2D eigenvalue weighted by molar-refractivity contribution is -0.136. The molecule has 4 heterocycles. The summed E-state index contributed by atoms with van der Waals surface area (Å²) in [6, 6.07) is 11.9. The largest absolute Gasteiger partial charge is 0.333 e. The minimum Gasteiger partial charge on any atom is -0.333 e. The van der Waals surface area contributed by atoms with E-state index in [0.717, 1.165) is 49.9 Å². The Hall–Kier alpha value is -3.85. The topological polar surface area (TPSA) is 90.0 Å². The molecule has 3 atom stereocenters. The molecule has 9 heteroatoms. The summed E-state index contributed by atoms with van der Waals surface area (Å²) in [5.41, 5.74) is 5.90. The normalized spacial score (nSPS) is 26.8. The molecular formula is C34H37FN4O4. The Bertz CT molecular complexity index is 1560. The molecule has 1 aliphatic carbocycles. The van der Waals surface area contributed by atoms with Gasteiger partial charge in [-0.15, -0.1) is 0 Å². The molecule has 8 nitrogen and oxygen atoms in total. The number of rotatable bonds is 5. The Morgan fingerprint density at radius 1 is 1.02 bits per heavy atom. The molecule has 4 aliphatic heterocycles. The number of likely N-dealkylation sites (tertiary alicyclic amines) is 2. The molecule has 0 aromatic heterocycles. The van der Waals surface area contributed by atoms with Crippen LogP contribution in [0.4, 0.5) is 4.39 Å². The van der Waals surface area contributed by atoms with E-state index in [0.29, 0.717) is 30.1 Å². The Kier molecular flexibility index (Phi) is 6.76. The summed E-state index contributed by atoms with van der Waals surface area (Å²) < 4.78 is 13.7. The Morgan fingerprint density at radius 2 is 1.81 bits per heavy atom. The number of nitrogens with one attached hydrogen (secondary N) is 1. The number of hydrogen-bond donors (Lipinski definition) is 1. The van der Waals surface area contributed by atoms with Gasteiger partial charge in [-0.2, -0.15) is 0 Å². The van der Waals surface area contributed by atoms with Crippen molar-refractivity contribution in [2.45, 2.75) is 77.0 Å². The highest BCUT2D eigenvalue weighted by molar-refractivity contribution is 6.06. The summed E-state index contributed by atoms with van der Waals surface area (Å²) in [6.07, 6.45) is 4.59. The zero-order chi connectivity index (χ0) is 30.0. The van der Waals surface area contributed by atoms with Gasteiger partial charge < -0.3 is 9.80 Å². The molecule has 3 fully saturated rings. The summed E-state index contributed by atoms with van der Waals surface area (Å²) in [4.78, 5) is 56.7. The Morgan fingerprint density at radius 3 is 2.53 bits per heavy atom. The molecule has 43 heavy (non-hydrogen) atoms. The Labute approximate surface area is 250 Å². The second-order valence-corrected chi connectivity index (χ2v) is 13.6. The first-order valence-electron chi connectivity index (χ1n) is 15.4. The maximum Gasteiger partial charge on any atom is 0.255 e. The van der Waals surface area contributed by atoms with Gasteiger partial charge >= 0.3 is 0 Å². The number of imide groups is 1. The van der Waals surface area contributed by atoms with Crippen molar-refractivity contribution in [2.75, 3.05) is 19.6 Å². The molecule has 3 saturated heterocycles. The SMILES string of the molecule is CC1(C)CCC(CN2CC3CC2CN3C(=O)c2ccc3c(c2)CN(C2CCC(=O)NC2=O)C3=O)=C(c2ccc(F)cc2)C1. The zero-order valence-electron chi connectivity index (χ0n) is 24.7. The van der Waals surface area contributed by atoms with E-state index in [4.69, 9.17) is 0 Å². The molecule has 0 radical (unpaired) electrons. The number of piperidine rings is 1. The monoisotopic (exact) mass is 584 g/mol. The molecule has 2 aromatic carbocycles. The third kappa shape index (κ3) is 5.07. The highest BCUT2D eigenvalue weighted by atomic mass is 19.1. The lowest BCUT2D eigenvalue weighted by Gasteiger charge is -2.38. The highest BCUT2D eigenvalue weighted by Gasteiger charge is 2.46. The van der Waals surface area contributed by atoms with Crippen LogP contribution in [-0.2, 0) is 16.1 Å². The van der Waals surface area contributed by atoms with Gasteiger partial charge in [-0.3, -0.25) is 29.4 Å². The van der Waals surface area contributed by atoms with Crippen molar-refractivity contribution in [1.82, 2.24) is 20.0 Å². The number of amides is 4. The van der Waals surface area contributed by atoms with Crippen LogP contribution in [0.2, 0.25) is 0 Å². The summed E-state index contributed by atoms with van der Waals surface area (Å²) in [6.45, 7) is 7.23.